The van der Waals surface area contributed by atoms with Crippen LogP contribution in [0.15, 0.2) is 24.3 Å². The number of carbonyl (C=O) groups excluding carboxylic acids is 1. The number of anilines is 2. The van der Waals surface area contributed by atoms with Crippen LogP contribution in [0.4, 0.5) is 11.4 Å². The minimum absolute atomic E-state index is 0.133. The average molecular weight is 310 g/mol. The van der Waals surface area contributed by atoms with Gasteiger partial charge in [-0.3, -0.25) is 4.79 Å². The number of rotatable bonds is 5. The van der Waals surface area contributed by atoms with E-state index in [1.807, 2.05) is 0 Å². The molecule has 0 saturated heterocycles. The first-order valence-corrected chi connectivity index (χ1v) is 9.02. The lowest BCUT2D eigenvalue weighted by atomic mass is 10.1. The fourth-order valence-electron chi connectivity index (χ4n) is 2.72. The molecule has 1 saturated carbocycles. The first kappa shape index (κ1) is 15.8. The summed E-state index contributed by atoms with van der Waals surface area (Å²) in [6.45, 7) is 0. The highest BCUT2D eigenvalue weighted by atomic mass is 32.2. The Morgan fingerprint density at radius 3 is 2.38 bits per heavy atom. The monoisotopic (exact) mass is 310 g/mol. The third-order valence-corrected chi connectivity index (χ3v) is 5.63. The Kier molecular flexibility index (Phi) is 4.88. The maximum Gasteiger partial charge on any atom is 0.241 e. The van der Waals surface area contributed by atoms with Gasteiger partial charge in [-0.2, -0.15) is 0 Å². The minimum Gasteiger partial charge on any atom is -0.399 e. The molecule has 1 aromatic carbocycles. The van der Waals surface area contributed by atoms with Crippen molar-refractivity contribution in [1.29, 1.82) is 0 Å². The van der Waals surface area contributed by atoms with Crippen molar-refractivity contribution < 1.29 is 13.2 Å². The maximum absolute atomic E-state index is 12.1. The normalized spacial score (nSPS) is 16.0. The highest BCUT2D eigenvalue weighted by molar-refractivity contribution is 7.92. The molecule has 1 aliphatic carbocycles. The van der Waals surface area contributed by atoms with E-state index >= 15 is 0 Å². The van der Waals surface area contributed by atoms with Gasteiger partial charge < -0.3 is 10.6 Å². The molecule has 2 N–H and O–H groups in total. The van der Waals surface area contributed by atoms with Crippen LogP contribution in [0.1, 0.15) is 25.7 Å². The van der Waals surface area contributed by atoms with Gasteiger partial charge in [0.15, 0.2) is 9.84 Å². The fraction of sp³-hybridized carbons (Fsp3) is 0.533. The number of nitrogens with two attached hydrogens (primary N) is 1. The lowest BCUT2D eigenvalue weighted by molar-refractivity contribution is -0.115. The van der Waals surface area contributed by atoms with E-state index in [0.29, 0.717) is 11.4 Å². The van der Waals surface area contributed by atoms with Crippen molar-refractivity contribution in [3.05, 3.63) is 24.3 Å². The molecule has 0 bridgehead atoms. The van der Waals surface area contributed by atoms with Gasteiger partial charge in [-0.05, 0) is 43.0 Å². The second-order valence-electron chi connectivity index (χ2n) is 5.75. The molecule has 1 amide bonds. The Morgan fingerprint density at radius 2 is 1.81 bits per heavy atom. The minimum atomic E-state index is -3.34. The van der Waals surface area contributed by atoms with E-state index in [0.717, 1.165) is 25.7 Å². The van der Waals surface area contributed by atoms with Crippen molar-refractivity contribution in [3.8, 4) is 0 Å². The summed E-state index contributed by atoms with van der Waals surface area (Å²) < 4.78 is 24.2. The first-order valence-electron chi connectivity index (χ1n) is 7.20. The fourth-order valence-corrected chi connectivity index (χ4v) is 4.46. The SMILES string of the molecule is CN(C(=O)CS(=O)(=O)CC1CCCC1)c1ccc(N)cc1. The molecule has 0 aliphatic heterocycles. The average Bonchev–Trinajstić information content (AvgIpc) is 2.90. The molecule has 0 spiro atoms. The van der Waals surface area contributed by atoms with Gasteiger partial charge in [0.05, 0.1) is 5.75 Å². The Hall–Kier alpha value is -1.56. The second kappa shape index (κ2) is 6.47. The molecule has 0 radical (unpaired) electrons. The number of hydrogen-bond acceptors (Lipinski definition) is 4. The first-order chi connectivity index (χ1) is 9.87. The topological polar surface area (TPSA) is 80.5 Å². The largest absolute Gasteiger partial charge is 0.399 e. The Morgan fingerprint density at radius 1 is 1.24 bits per heavy atom. The molecule has 116 valence electrons. The standard InChI is InChI=1S/C15H22N2O3S/c1-17(14-8-6-13(16)7-9-14)15(18)11-21(19,20)10-12-4-2-3-5-12/h6-9,12H,2-5,10-11,16H2,1H3. The number of sulfone groups is 1. The van der Waals surface area contributed by atoms with Gasteiger partial charge in [-0.15, -0.1) is 0 Å². The van der Waals surface area contributed by atoms with Crippen LogP contribution in [0.25, 0.3) is 0 Å². The highest BCUT2D eigenvalue weighted by Crippen LogP contribution is 2.26. The molecule has 1 fully saturated rings. The van der Waals surface area contributed by atoms with Gasteiger partial charge in [-0.1, -0.05) is 12.8 Å². The zero-order chi connectivity index (χ0) is 15.5. The Bertz CT molecular complexity index is 590. The summed E-state index contributed by atoms with van der Waals surface area (Å²) >= 11 is 0. The summed E-state index contributed by atoms with van der Waals surface area (Å²) in [7, 11) is -1.76. The van der Waals surface area contributed by atoms with Gasteiger partial charge in [0.1, 0.15) is 5.75 Å². The number of benzene rings is 1. The molecular weight excluding hydrogens is 288 g/mol. The van der Waals surface area contributed by atoms with Crippen molar-refractivity contribution in [2.75, 3.05) is 29.2 Å². The van der Waals surface area contributed by atoms with Crippen LogP contribution >= 0.6 is 0 Å². The van der Waals surface area contributed by atoms with Gasteiger partial charge in [0.2, 0.25) is 5.91 Å². The number of nitrogen functional groups attached to an aromatic ring is 1. The van der Waals surface area contributed by atoms with E-state index in [4.69, 9.17) is 5.73 Å². The van der Waals surface area contributed by atoms with Crippen molar-refractivity contribution in [2.24, 2.45) is 5.92 Å². The zero-order valence-corrected chi connectivity index (χ0v) is 13.1. The van der Waals surface area contributed by atoms with E-state index in [2.05, 4.69) is 0 Å². The molecule has 0 atom stereocenters. The number of amides is 1. The predicted molar refractivity (Wildman–Crippen MR) is 84.9 cm³/mol. The smallest absolute Gasteiger partial charge is 0.241 e. The Balaban J connectivity index is 1.97. The molecule has 2 rings (SSSR count). The molecule has 0 aromatic heterocycles. The van der Waals surface area contributed by atoms with E-state index in [9.17, 15) is 13.2 Å². The van der Waals surface area contributed by atoms with Crippen molar-refractivity contribution in [2.45, 2.75) is 25.7 Å². The van der Waals surface area contributed by atoms with Crippen LogP contribution in [0, 0.1) is 5.92 Å². The number of carbonyl (C=O) groups is 1. The molecule has 6 heteroatoms. The summed E-state index contributed by atoms with van der Waals surface area (Å²) in [5.41, 5.74) is 6.85. The van der Waals surface area contributed by atoms with Crippen LogP contribution in [-0.4, -0.2) is 32.9 Å². The van der Waals surface area contributed by atoms with Gasteiger partial charge in [0, 0.05) is 18.4 Å². The summed E-state index contributed by atoms with van der Waals surface area (Å²) in [5.74, 6) is -0.471. The van der Waals surface area contributed by atoms with Crippen molar-refractivity contribution in [3.63, 3.8) is 0 Å². The summed E-state index contributed by atoms with van der Waals surface area (Å²) in [4.78, 5) is 13.5. The van der Waals surface area contributed by atoms with E-state index in [-0.39, 0.29) is 11.7 Å². The summed E-state index contributed by atoms with van der Waals surface area (Å²) in [5, 5.41) is 0. The highest BCUT2D eigenvalue weighted by Gasteiger charge is 2.26. The molecule has 1 aromatic rings. The molecule has 1 aliphatic rings. The molecule has 5 nitrogen and oxygen atoms in total. The predicted octanol–water partition coefficient (Wildman–Crippen LogP) is 1.84. The summed E-state index contributed by atoms with van der Waals surface area (Å²) in [6, 6.07) is 6.78. The van der Waals surface area contributed by atoms with Crippen LogP contribution in [0.3, 0.4) is 0 Å². The van der Waals surface area contributed by atoms with E-state index in [1.54, 1.807) is 31.3 Å². The van der Waals surface area contributed by atoms with Gasteiger partial charge in [-0.25, -0.2) is 8.42 Å². The van der Waals surface area contributed by atoms with Gasteiger partial charge >= 0.3 is 0 Å². The molecule has 21 heavy (non-hydrogen) atoms. The molecule has 0 unspecified atom stereocenters. The van der Waals surface area contributed by atoms with Crippen molar-refractivity contribution in [1.82, 2.24) is 0 Å². The van der Waals surface area contributed by atoms with Crippen LogP contribution in [-0.2, 0) is 14.6 Å². The third kappa shape index (κ3) is 4.46. The molecular formula is C15H22N2O3S. The Labute approximate surface area is 126 Å². The van der Waals surface area contributed by atoms with Crippen LogP contribution < -0.4 is 10.6 Å². The lowest BCUT2D eigenvalue weighted by Gasteiger charge is -2.18. The maximum atomic E-state index is 12.1. The van der Waals surface area contributed by atoms with E-state index < -0.39 is 21.5 Å². The van der Waals surface area contributed by atoms with E-state index in [1.165, 1.54) is 4.90 Å². The number of nitrogens with zero attached hydrogens (tertiary/aromatic N) is 1. The summed E-state index contributed by atoms with van der Waals surface area (Å²) in [6.07, 6.45) is 4.11. The lowest BCUT2D eigenvalue weighted by Crippen LogP contribution is -2.34. The second-order valence-corrected chi connectivity index (χ2v) is 7.86. The van der Waals surface area contributed by atoms with Crippen LogP contribution in [0.2, 0.25) is 0 Å². The van der Waals surface area contributed by atoms with Crippen molar-refractivity contribution >= 4 is 27.1 Å². The quantitative estimate of drug-likeness (QED) is 0.841. The molecule has 0 heterocycles. The van der Waals surface area contributed by atoms with Gasteiger partial charge in [0.25, 0.3) is 0 Å². The number of hydrogen-bond donors (Lipinski definition) is 1. The van der Waals surface area contributed by atoms with Crippen LogP contribution in [0.5, 0.6) is 0 Å². The third-order valence-electron chi connectivity index (χ3n) is 3.96. The zero-order valence-electron chi connectivity index (χ0n) is 12.3.